The molecule has 0 aromatic rings. The number of rotatable bonds is 5. The van der Waals surface area contributed by atoms with Gasteiger partial charge in [0.1, 0.15) is 0 Å². The van der Waals surface area contributed by atoms with Crippen molar-refractivity contribution in [3.05, 3.63) is 0 Å². The fourth-order valence-corrected chi connectivity index (χ4v) is 2.90. The predicted molar refractivity (Wildman–Crippen MR) is 68.8 cm³/mol. The summed E-state index contributed by atoms with van der Waals surface area (Å²) in [5.74, 6) is 0. The predicted octanol–water partition coefficient (Wildman–Crippen LogP) is 0.660. The first-order valence-electron chi connectivity index (χ1n) is 6.94. The van der Waals surface area contributed by atoms with Crippen molar-refractivity contribution in [1.82, 2.24) is 15.1 Å². The van der Waals surface area contributed by atoms with Gasteiger partial charge in [0.05, 0.1) is 6.07 Å². The van der Waals surface area contributed by atoms with Gasteiger partial charge in [0.15, 0.2) is 0 Å². The summed E-state index contributed by atoms with van der Waals surface area (Å²) < 4.78 is 0. The topological polar surface area (TPSA) is 42.3 Å². The van der Waals surface area contributed by atoms with Gasteiger partial charge >= 0.3 is 0 Å². The quantitative estimate of drug-likeness (QED) is 0.712. The Kier molecular flexibility index (Phi) is 5.24. The van der Waals surface area contributed by atoms with Gasteiger partial charge in [-0.05, 0) is 32.4 Å². The lowest BCUT2D eigenvalue weighted by molar-refractivity contribution is 0.171. The highest BCUT2D eigenvalue weighted by Crippen LogP contribution is 2.16. The summed E-state index contributed by atoms with van der Waals surface area (Å²) in [6.07, 6.45) is 4.29. The van der Waals surface area contributed by atoms with Crippen molar-refractivity contribution in [2.45, 2.75) is 31.7 Å². The van der Waals surface area contributed by atoms with Crippen molar-refractivity contribution in [2.24, 2.45) is 0 Å². The van der Waals surface area contributed by atoms with Crippen LogP contribution in [-0.2, 0) is 0 Å². The molecule has 0 bridgehead atoms. The first-order chi connectivity index (χ1) is 8.40. The number of unbranched alkanes of at least 4 members (excludes halogenated alkanes) is 2. The second-order valence-electron chi connectivity index (χ2n) is 5.14. The van der Waals surface area contributed by atoms with Crippen molar-refractivity contribution in [3.8, 4) is 6.07 Å². The molecular weight excluding hydrogens is 212 g/mol. The molecule has 4 heteroatoms. The largest absolute Gasteiger partial charge is 0.314 e. The molecule has 0 aliphatic carbocycles. The molecule has 2 rings (SSSR count). The van der Waals surface area contributed by atoms with Crippen LogP contribution in [0.3, 0.4) is 0 Å². The Morgan fingerprint density at radius 1 is 1.18 bits per heavy atom. The molecule has 96 valence electrons. The zero-order valence-electron chi connectivity index (χ0n) is 10.7. The monoisotopic (exact) mass is 236 g/mol. The molecule has 0 aromatic carbocycles. The first kappa shape index (κ1) is 12.8. The summed E-state index contributed by atoms with van der Waals surface area (Å²) in [6, 6.07) is 3.01. The average Bonchev–Trinajstić information content (AvgIpc) is 2.85. The van der Waals surface area contributed by atoms with Crippen LogP contribution >= 0.6 is 0 Å². The van der Waals surface area contributed by atoms with Gasteiger partial charge in [-0.2, -0.15) is 5.26 Å². The third-order valence-electron chi connectivity index (χ3n) is 3.93. The van der Waals surface area contributed by atoms with E-state index in [2.05, 4.69) is 21.2 Å². The van der Waals surface area contributed by atoms with Crippen LogP contribution in [-0.4, -0.2) is 61.7 Å². The van der Waals surface area contributed by atoms with Crippen LogP contribution < -0.4 is 5.32 Å². The van der Waals surface area contributed by atoms with Gasteiger partial charge in [-0.15, -0.1) is 0 Å². The van der Waals surface area contributed by atoms with E-state index < -0.39 is 0 Å². The Bertz CT molecular complexity index is 255. The Morgan fingerprint density at radius 2 is 2.00 bits per heavy atom. The first-order valence-corrected chi connectivity index (χ1v) is 6.94. The highest BCUT2D eigenvalue weighted by Gasteiger charge is 2.27. The molecule has 0 radical (unpaired) electrons. The van der Waals surface area contributed by atoms with Gasteiger partial charge in [0.2, 0.25) is 0 Å². The summed E-state index contributed by atoms with van der Waals surface area (Å²) in [5, 5.41) is 11.9. The molecular formula is C13H24N4. The third-order valence-corrected chi connectivity index (χ3v) is 3.93. The number of nitrogens with one attached hydrogen (secondary N) is 1. The highest BCUT2D eigenvalue weighted by atomic mass is 15.3. The van der Waals surface area contributed by atoms with E-state index in [9.17, 15) is 0 Å². The minimum atomic E-state index is 0.717. The zero-order valence-corrected chi connectivity index (χ0v) is 10.7. The SMILES string of the molecule is N#CCCCCN1CCC(N2CCNCC2)C1. The number of nitriles is 1. The molecule has 0 saturated carbocycles. The van der Waals surface area contributed by atoms with E-state index in [0.29, 0.717) is 0 Å². The van der Waals surface area contributed by atoms with Gasteiger partial charge < -0.3 is 10.2 Å². The van der Waals surface area contributed by atoms with E-state index in [1.165, 1.54) is 45.6 Å². The van der Waals surface area contributed by atoms with Crippen molar-refractivity contribution < 1.29 is 0 Å². The van der Waals surface area contributed by atoms with Crippen LogP contribution in [0.4, 0.5) is 0 Å². The molecule has 2 aliphatic rings. The standard InChI is InChI=1S/C13H24N4/c14-5-2-1-3-8-16-9-4-13(12-16)17-10-6-15-7-11-17/h13,15H,1-4,6-12H2. The van der Waals surface area contributed by atoms with Crippen LogP contribution in [0.1, 0.15) is 25.7 Å². The minimum absolute atomic E-state index is 0.717. The van der Waals surface area contributed by atoms with E-state index in [0.717, 1.165) is 32.0 Å². The summed E-state index contributed by atoms with van der Waals surface area (Å²) in [7, 11) is 0. The highest BCUT2D eigenvalue weighted by molar-refractivity contribution is 4.85. The zero-order chi connectivity index (χ0) is 11.9. The fourth-order valence-electron chi connectivity index (χ4n) is 2.90. The molecule has 17 heavy (non-hydrogen) atoms. The normalized spacial score (nSPS) is 27.1. The van der Waals surface area contributed by atoms with Gasteiger partial charge in [-0.3, -0.25) is 4.90 Å². The number of piperazine rings is 1. The molecule has 2 fully saturated rings. The molecule has 0 spiro atoms. The molecule has 2 saturated heterocycles. The van der Waals surface area contributed by atoms with E-state index in [-0.39, 0.29) is 0 Å². The third kappa shape index (κ3) is 3.95. The van der Waals surface area contributed by atoms with Crippen LogP contribution in [0.2, 0.25) is 0 Å². The van der Waals surface area contributed by atoms with Crippen molar-refractivity contribution in [2.75, 3.05) is 45.8 Å². The van der Waals surface area contributed by atoms with E-state index in [1.807, 2.05) is 0 Å². The fraction of sp³-hybridized carbons (Fsp3) is 0.923. The molecule has 0 aromatic heterocycles. The van der Waals surface area contributed by atoms with Gasteiger partial charge in [0.25, 0.3) is 0 Å². The average molecular weight is 236 g/mol. The summed E-state index contributed by atoms with van der Waals surface area (Å²) >= 11 is 0. The van der Waals surface area contributed by atoms with Crippen molar-refractivity contribution in [1.29, 1.82) is 5.26 Å². The molecule has 1 atom stereocenters. The summed E-state index contributed by atoms with van der Waals surface area (Å²) in [4.78, 5) is 5.22. The van der Waals surface area contributed by atoms with Gasteiger partial charge in [0, 0.05) is 45.2 Å². The summed E-state index contributed by atoms with van der Waals surface area (Å²) in [5.41, 5.74) is 0. The second kappa shape index (κ2) is 6.95. The van der Waals surface area contributed by atoms with Gasteiger partial charge in [-0.25, -0.2) is 0 Å². The van der Waals surface area contributed by atoms with Crippen LogP contribution in [0, 0.1) is 11.3 Å². The van der Waals surface area contributed by atoms with Crippen molar-refractivity contribution >= 4 is 0 Å². The van der Waals surface area contributed by atoms with Crippen LogP contribution in [0.25, 0.3) is 0 Å². The Morgan fingerprint density at radius 3 is 2.76 bits per heavy atom. The van der Waals surface area contributed by atoms with Gasteiger partial charge in [-0.1, -0.05) is 0 Å². The molecule has 2 aliphatic heterocycles. The van der Waals surface area contributed by atoms with Crippen LogP contribution in [0.15, 0.2) is 0 Å². The maximum atomic E-state index is 8.49. The Hall–Kier alpha value is -0.630. The minimum Gasteiger partial charge on any atom is -0.314 e. The number of hydrogen-bond donors (Lipinski definition) is 1. The number of hydrogen-bond acceptors (Lipinski definition) is 4. The Labute approximate surface area is 105 Å². The lowest BCUT2D eigenvalue weighted by Crippen LogP contribution is -2.49. The molecule has 1 unspecified atom stereocenters. The maximum absolute atomic E-state index is 8.49. The molecule has 1 N–H and O–H groups in total. The summed E-state index contributed by atoms with van der Waals surface area (Å²) in [6.45, 7) is 8.41. The maximum Gasteiger partial charge on any atom is 0.0621 e. The number of nitrogens with zero attached hydrogens (tertiary/aromatic N) is 3. The molecule has 0 amide bonds. The van der Waals surface area contributed by atoms with E-state index in [1.54, 1.807) is 0 Å². The van der Waals surface area contributed by atoms with Crippen LogP contribution in [0.5, 0.6) is 0 Å². The van der Waals surface area contributed by atoms with E-state index >= 15 is 0 Å². The Balaban J connectivity index is 1.63. The molecule has 4 nitrogen and oxygen atoms in total. The number of likely N-dealkylation sites (tertiary alicyclic amines) is 1. The lowest BCUT2D eigenvalue weighted by atomic mass is 10.2. The molecule has 2 heterocycles. The smallest absolute Gasteiger partial charge is 0.0621 e. The van der Waals surface area contributed by atoms with Crippen molar-refractivity contribution in [3.63, 3.8) is 0 Å². The second-order valence-corrected chi connectivity index (χ2v) is 5.14. The van der Waals surface area contributed by atoms with E-state index in [4.69, 9.17) is 5.26 Å². The lowest BCUT2D eigenvalue weighted by Gasteiger charge is -2.32.